The fourth-order valence-electron chi connectivity index (χ4n) is 1.11. The molecule has 1 aliphatic rings. The molecule has 3 heteroatoms. The summed E-state index contributed by atoms with van der Waals surface area (Å²) in [6.07, 6.45) is 0.912. The molecule has 3 nitrogen and oxygen atoms in total. The van der Waals surface area contributed by atoms with E-state index in [4.69, 9.17) is 0 Å². The van der Waals surface area contributed by atoms with Crippen LogP contribution in [0.5, 0.6) is 0 Å². The number of amides is 1. The van der Waals surface area contributed by atoms with Gasteiger partial charge in [-0.05, 0) is 20.4 Å². The standard InChI is InChI=1S/C6H12N2O/c1-4-3-5(7-2)6(9)8-4/h4-5,7H,3H2,1-2H3,(H,8,9)/t4-,5-/m0/s1. The zero-order valence-corrected chi connectivity index (χ0v) is 5.77. The average Bonchev–Trinajstić information content (AvgIpc) is 2.10. The van der Waals surface area contributed by atoms with E-state index in [2.05, 4.69) is 10.6 Å². The lowest BCUT2D eigenvalue weighted by atomic mass is 10.2. The molecule has 2 N–H and O–H groups in total. The lowest BCUT2D eigenvalue weighted by molar-refractivity contribution is -0.120. The van der Waals surface area contributed by atoms with Gasteiger partial charge < -0.3 is 10.6 Å². The van der Waals surface area contributed by atoms with Crippen molar-refractivity contribution in [2.75, 3.05) is 7.05 Å². The Hall–Kier alpha value is -0.570. The Balaban J connectivity index is 2.48. The molecular formula is C6H12N2O. The number of rotatable bonds is 1. The summed E-state index contributed by atoms with van der Waals surface area (Å²) in [5, 5.41) is 5.75. The van der Waals surface area contributed by atoms with Crippen LogP contribution in [0.1, 0.15) is 13.3 Å². The van der Waals surface area contributed by atoms with Crippen molar-refractivity contribution in [3.05, 3.63) is 0 Å². The average molecular weight is 128 g/mol. The van der Waals surface area contributed by atoms with E-state index < -0.39 is 0 Å². The van der Waals surface area contributed by atoms with Crippen molar-refractivity contribution >= 4 is 5.91 Å². The molecule has 9 heavy (non-hydrogen) atoms. The van der Waals surface area contributed by atoms with Gasteiger partial charge in [0.2, 0.25) is 5.91 Å². The maximum absolute atomic E-state index is 10.8. The molecule has 0 spiro atoms. The summed E-state index contributed by atoms with van der Waals surface area (Å²) >= 11 is 0. The minimum Gasteiger partial charge on any atom is -0.352 e. The summed E-state index contributed by atoms with van der Waals surface area (Å²) in [4.78, 5) is 10.8. The first kappa shape index (κ1) is 6.55. The van der Waals surface area contributed by atoms with Gasteiger partial charge in [0, 0.05) is 6.04 Å². The van der Waals surface area contributed by atoms with E-state index in [1.165, 1.54) is 0 Å². The first-order valence-corrected chi connectivity index (χ1v) is 3.21. The largest absolute Gasteiger partial charge is 0.352 e. The summed E-state index contributed by atoms with van der Waals surface area (Å²) in [6.45, 7) is 2.01. The van der Waals surface area contributed by atoms with Crippen molar-refractivity contribution in [3.8, 4) is 0 Å². The number of likely N-dealkylation sites (N-methyl/N-ethyl adjacent to an activating group) is 1. The molecule has 1 amide bonds. The highest BCUT2D eigenvalue weighted by molar-refractivity contribution is 5.84. The van der Waals surface area contributed by atoms with Gasteiger partial charge in [0.15, 0.2) is 0 Å². The molecule has 0 aliphatic carbocycles. The Kier molecular flexibility index (Phi) is 1.71. The second kappa shape index (κ2) is 2.35. The Morgan fingerprint density at radius 3 is 2.67 bits per heavy atom. The molecule has 0 radical (unpaired) electrons. The molecule has 1 aliphatic heterocycles. The van der Waals surface area contributed by atoms with Crippen LogP contribution < -0.4 is 10.6 Å². The highest BCUT2D eigenvalue weighted by atomic mass is 16.2. The molecule has 52 valence electrons. The minimum absolute atomic E-state index is 0.0417. The number of nitrogens with one attached hydrogen (secondary N) is 2. The third-order valence-corrected chi connectivity index (χ3v) is 1.64. The smallest absolute Gasteiger partial charge is 0.237 e. The Morgan fingerprint density at radius 2 is 2.44 bits per heavy atom. The predicted octanol–water partition coefficient (Wildman–Crippen LogP) is -0.517. The Labute approximate surface area is 54.8 Å². The van der Waals surface area contributed by atoms with Crippen molar-refractivity contribution in [3.63, 3.8) is 0 Å². The lowest BCUT2D eigenvalue weighted by Crippen LogP contribution is -2.33. The third-order valence-electron chi connectivity index (χ3n) is 1.64. The molecule has 1 heterocycles. The van der Waals surface area contributed by atoms with Gasteiger partial charge in [-0.2, -0.15) is 0 Å². The van der Waals surface area contributed by atoms with E-state index >= 15 is 0 Å². The van der Waals surface area contributed by atoms with Crippen molar-refractivity contribution < 1.29 is 4.79 Å². The van der Waals surface area contributed by atoms with Crippen molar-refractivity contribution in [2.24, 2.45) is 0 Å². The van der Waals surface area contributed by atoms with Crippen LogP contribution in [0, 0.1) is 0 Å². The molecule has 0 bridgehead atoms. The topological polar surface area (TPSA) is 41.1 Å². The first-order chi connectivity index (χ1) is 4.24. The number of hydrogen-bond acceptors (Lipinski definition) is 2. The summed E-state index contributed by atoms with van der Waals surface area (Å²) < 4.78 is 0. The summed E-state index contributed by atoms with van der Waals surface area (Å²) in [6, 6.07) is 0.384. The summed E-state index contributed by atoms with van der Waals surface area (Å²) in [5.41, 5.74) is 0. The predicted molar refractivity (Wildman–Crippen MR) is 35.1 cm³/mol. The minimum atomic E-state index is 0.0417. The molecule has 2 atom stereocenters. The monoisotopic (exact) mass is 128 g/mol. The molecule has 0 aromatic heterocycles. The van der Waals surface area contributed by atoms with Gasteiger partial charge in [-0.1, -0.05) is 0 Å². The van der Waals surface area contributed by atoms with Crippen LogP contribution in [0.3, 0.4) is 0 Å². The molecule has 1 rings (SSSR count). The molecule has 1 fully saturated rings. The van der Waals surface area contributed by atoms with Gasteiger partial charge in [0.05, 0.1) is 6.04 Å². The Morgan fingerprint density at radius 1 is 1.78 bits per heavy atom. The van der Waals surface area contributed by atoms with Gasteiger partial charge in [-0.3, -0.25) is 4.79 Å². The van der Waals surface area contributed by atoms with E-state index in [1.807, 2.05) is 14.0 Å². The van der Waals surface area contributed by atoms with Gasteiger partial charge in [-0.15, -0.1) is 0 Å². The fraction of sp³-hybridized carbons (Fsp3) is 0.833. The second-order valence-corrected chi connectivity index (χ2v) is 2.49. The van der Waals surface area contributed by atoms with Crippen LogP contribution in [-0.4, -0.2) is 25.0 Å². The number of carbonyl (C=O) groups is 1. The van der Waals surface area contributed by atoms with Crippen LogP contribution in [-0.2, 0) is 4.79 Å². The van der Waals surface area contributed by atoms with Gasteiger partial charge in [0.25, 0.3) is 0 Å². The lowest BCUT2D eigenvalue weighted by Gasteiger charge is -2.01. The third kappa shape index (κ3) is 1.21. The Bertz CT molecular complexity index is 124. The van der Waals surface area contributed by atoms with Gasteiger partial charge >= 0.3 is 0 Å². The zero-order valence-electron chi connectivity index (χ0n) is 5.77. The van der Waals surface area contributed by atoms with Crippen molar-refractivity contribution in [1.29, 1.82) is 0 Å². The molecule has 0 aromatic carbocycles. The second-order valence-electron chi connectivity index (χ2n) is 2.49. The number of hydrogen-bond donors (Lipinski definition) is 2. The summed E-state index contributed by atoms with van der Waals surface area (Å²) in [7, 11) is 1.81. The molecular weight excluding hydrogens is 116 g/mol. The quantitative estimate of drug-likeness (QED) is 0.499. The van der Waals surface area contributed by atoms with Gasteiger partial charge in [-0.25, -0.2) is 0 Å². The molecule has 0 unspecified atom stereocenters. The molecule has 0 saturated carbocycles. The van der Waals surface area contributed by atoms with E-state index in [0.717, 1.165) is 6.42 Å². The first-order valence-electron chi connectivity index (χ1n) is 3.21. The fourth-order valence-corrected chi connectivity index (χ4v) is 1.11. The maximum atomic E-state index is 10.8. The van der Waals surface area contributed by atoms with E-state index in [9.17, 15) is 4.79 Å². The van der Waals surface area contributed by atoms with Crippen LogP contribution in [0.15, 0.2) is 0 Å². The van der Waals surface area contributed by atoms with Gasteiger partial charge in [0.1, 0.15) is 0 Å². The zero-order chi connectivity index (χ0) is 6.85. The highest BCUT2D eigenvalue weighted by Crippen LogP contribution is 2.05. The normalized spacial score (nSPS) is 34.7. The van der Waals surface area contributed by atoms with Crippen LogP contribution in [0.4, 0.5) is 0 Å². The highest BCUT2D eigenvalue weighted by Gasteiger charge is 2.26. The van der Waals surface area contributed by atoms with Crippen LogP contribution in [0.25, 0.3) is 0 Å². The summed E-state index contributed by atoms with van der Waals surface area (Å²) in [5.74, 6) is 0.130. The molecule has 1 saturated heterocycles. The van der Waals surface area contributed by atoms with Crippen molar-refractivity contribution in [2.45, 2.75) is 25.4 Å². The van der Waals surface area contributed by atoms with Crippen LogP contribution in [0.2, 0.25) is 0 Å². The van der Waals surface area contributed by atoms with Crippen LogP contribution >= 0.6 is 0 Å². The SMILES string of the molecule is CN[C@H]1C[C@H](C)NC1=O. The number of carbonyl (C=O) groups excluding carboxylic acids is 1. The van der Waals surface area contributed by atoms with E-state index in [0.29, 0.717) is 6.04 Å². The van der Waals surface area contributed by atoms with E-state index in [-0.39, 0.29) is 11.9 Å². The molecule has 0 aromatic rings. The van der Waals surface area contributed by atoms with Crippen molar-refractivity contribution in [1.82, 2.24) is 10.6 Å². The maximum Gasteiger partial charge on any atom is 0.237 e. The van der Waals surface area contributed by atoms with E-state index in [1.54, 1.807) is 0 Å².